The molecule has 22 heavy (non-hydrogen) atoms. The first-order valence-corrected chi connectivity index (χ1v) is 8.88. The Labute approximate surface area is 133 Å². The maximum Gasteiger partial charge on any atom is 0.317 e. The van der Waals surface area contributed by atoms with Crippen LogP contribution in [0.15, 0.2) is 0 Å². The highest BCUT2D eigenvalue weighted by Crippen LogP contribution is 2.32. The van der Waals surface area contributed by atoms with Crippen molar-refractivity contribution >= 4 is 11.9 Å². The van der Waals surface area contributed by atoms with E-state index in [1.807, 2.05) is 9.80 Å². The molecule has 1 N–H and O–H groups in total. The van der Waals surface area contributed by atoms with Gasteiger partial charge in [-0.2, -0.15) is 0 Å². The quantitative estimate of drug-likeness (QED) is 0.818. The molecule has 0 bridgehead atoms. The smallest absolute Gasteiger partial charge is 0.317 e. The highest BCUT2D eigenvalue weighted by atomic mass is 16.2. The molecule has 1 saturated heterocycles. The lowest BCUT2D eigenvalue weighted by molar-refractivity contribution is -0.128. The molecule has 0 radical (unpaired) electrons. The van der Waals surface area contributed by atoms with Crippen molar-refractivity contribution in [1.29, 1.82) is 0 Å². The van der Waals surface area contributed by atoms with Crippen LogP contribution in [-0.2, 0) is 4.79 Å². The Bertz CT molecular complexity index is 430. The Hall–Kier alpha value is -1.26. The summed E-state index contributed by atoms with van der Waals surface area (Å²) in [5, 5.41) is 3.07. The minimum absolute atomic E-state index is 0.0409. The molecule has 124 valence electrons. The van der Waals surface area contributed by atoms with Crippen LogP contribution in [0.2, 0.25) is 0 Å². The van der Waals surface area contributed by atoms with E-state index in [2.05, 4.69) is 19.2 Å². The van der Waals surface area contributed by atoms with E-state index in [0.717, 1.165) is 25.9 Å². The third-order valence-corrected chi connectivity index (χ3v) is 5.33. The molecule has 3 rings (SSSR count). The molecular weight excluding hydrogens is 278 g/mol. The van der Waals surface area contributed by atoms with Crippen LogP contribution in [0.3, 0.4) is 0 Å². The number of hydrogen-bond donors (Lipinski definition) is 1. The maximum absolute atomic E-state index is 12.4. The van der Waals surface area contributed by atoms with Gasteiger partial charge in [0.05, 0.1) is 0 Å². The van der Waals surface area contributed by atoms with Crippen LogP contribution in [0.5, 0.6) is 0 Å². The minimum Gasteiger partial charge on any atom is -0.339 e. The summed E-state index contributed by atoms with van der Waals surface area (Å²) in [6, 6.07) is 0.770. The average molecular weight is 307 g/mol. The Morgan fingerprint density at radius 1 is 1.27 bits per heavy atom. The van der Waals surface area contributed by atoms with Gasteiger partial charge in [0.15, 0.2) is 0 Å². The fourth-order valence-corrected chi connectivity index (χ4v) is 3.50. The molecule has 3 fully saturated rings. The van der Waals surface area contributed by atoms with E-state index in [4.69, 9.17) is 0 Å². The van der Waals surface area contributed by atoms with Crippen LogP contribution in [0.25, 0.3) is 0 Å². The van der Waals surface area contributed by atoms with E-state index in [-0.39, 0.29) is 23.9 Å². The van der Waals surface area contributed by atoms with Crippen molar-refractivity contribution in [3.8, 4) is 0 Å². The molecule has 5 nitrogen and oxygen atoms in total. The van der Waals surface area contributed by atoms with E-state index >= 15 is 0 Å². The van der Waals surface area contributed by atoms with Gasteiger partial charge in [0.1, 0.15) is 0 Å². The topological polar surface area (TPSA) is 52.7 Å². The van der Waals surface area contributed by atoms with Crippen LogP contribution in [-0.4, -0.2) is 53.5 Å². The van der Waals surface area contributed by atoms with Crippen LogP contribution in [0.1, 0.15) is 52.4 Å². The Morgan fingerprint density at radius 3 is 2.55 bits per heavy atom. The zero-order chi connectivity index (χ0) is 15.7. The average Bonchev–Trinajstić information content (AvgIpc) is 3.18. The van der Waals surface area contributed by atoms with E-state index in [1.165, 1.54) is 19.3 Å². The lowest BCUT2D eigenvalue weighted by Gasteiger charge is -2.35. The summed E-state index contributed by atoms with van der Waals surface area (Å²) in [7, 11) is 0. The summed E-state index contributed by atoms with van der Waals surface area (Å²) in [5.74, 6) is 1.25. The predicted molar refractivity (Wildman–Crippen MR) is 85.4 cm³/mol. The number of amides is 3. The van der Waals surface area contributed by atoms with Gasteiger partial charge in [-0.25, -0.2) is 4.79 Å². The minimum atomic E-state index is 0.0409. The van der Waals surface area contributed by atoms with Crippen LogP contribution < -0.4 is 5.32 Å². The van der Waals surface area contributed by atoms with Crippen molar-refractivity contribution in [1.82, 2.24) is 15.1 Å². The number of carbonyl (C=O) groups is 2. The van der Waals surface area contributed by atoms with Gasteiger partial charge in [-0.15, -0.1) is 0 Å². The number of hydrogen-bond acceptors (Lipinski definition) is 2. The van der Waals surface area contributed by atoms with E-state index < -0.39 is 0 Å². The molecule has 2 aliphatic carbocycles. The van der Waals surface area contributed by atoms with Crippen molar-refractivity contribution < 1.29 is 9.59 Å². The predicted octanol–water partition coefficient (Wildman–Crippen LogP) is 2.22. The Morgan fingerprint density at radius 2 is 2.00 bits per heavy atom. The summed E-state index contributed by atoms with van der Waals surface area (Å²) in [4.78, 5) is 28.4. The number of rotatable bonds is 6. The molecule has 2 saturated carbocycles. The highest BCUT2D eigenvalue weighted by Gasteiger charge is 2.39. The summed E-state index contributed by atoms with van der Waals surface area (Å²) in [6.07, 6.45) is 6.73. The number of nitrogens with one attached hydrogen (secondary N) is 1. The van der Waals surface area contributed by atoms with Crippen LogP contribution in [0.4, 0.5) is 4.79 Å². The molecule has 0 aromatic rings. The molecule has 1 heterocycles. The van der Waals surface area contributed by atoms with Gasteiger partial charge in [0.2, 0.25) is 5.91 Å². The van der Waals surface area contributed by atoms with Gasteiger partial charge in [0.25, 0.3) is 0 Å². The SMILES string of the molecule is CC(C)N(CC1CCC1)C(=O)NCC1CC(=O)N(C2CC2)C1. The van der Waals surface area contributed by atoms with Gasteiger partial charge >= 0.3 is 6.03 Å². The normalized spacial score (nSPS) is 25.5. The number of nitrogens with zero attached hydrogens (tertiary/aromatic N) is 2. The van der Waals surface area contributed by atoms with Crippen LogP contribution >= 0.6 is 0 Å². The number of carbonyl (C=O) groups excluding carboxylic acids is 2. The summed E-state index contributed by atoms with van der Waals surface area (Å²) >= 11 is 0. The first-order valence-electron chi connectivity index (χ1n) is 8.88. The van der Waals surface area contributed by atoms with Crippen molar-refractivity contribution in [2.24, 2.45) is 11.8 Å². The van der Waals surface area contributed by atoms with Crippen molar-refractivity contribution in [2.75, 3.05) is 19.6 Å². The first kappa shape index (κ1) is 15.6. The van der Waals surface area contributed by atoms with Crippen molar-refractivity contribution in [3.63, 3.8) is 0 Å². The molecular formula is C17H29N3O2. The van der Waals surface area contributed by atoms with Gasteiger partial charge in [-0.1, -0.05) is 6.42 Å². The van der Waals surface area contributed by atoms with Crippen molar-refractivity contribution in [2.45, 2.75) is 64.5 Å². The maximum atomic E-state index is 12.4. The third-order valence-electron chi connectivity index (χ3n) is 5.33. The summed E-state index contributed by atoms with van der Waals surface area (Å²) < 4.78 is 0. The number of urea groups is 1. The Kier molecular flexibility index (Phi) is 4.59. The zero-order valence-corrected chi connectivity index (χ0v) is 13.9. The number of likely N-dealkylation sites (tertiary alicyclic amines) is 1. The molecule has 1 atom stereocenters. The lowest BCUT2D eigenvalue weighted by Crippen LogP contribution is -2.48. The monoisotopic (exact) mass is 307 g/mol. The fourth-order valence-electron chi connectivity index (χ4n) is 3.50. The second-order valence-electron chi connectivity index (χ2n) is 7.58. The molecule has 3 amide bonds. The molecule has 5 heteroatoms. The third kappa shape index (κ3) is 3.55. The second-order valence-corrected chi connectivity index (χ2v) is 7.58. The molecule has 1 aliphatic heterocycles. The molecule has 3 aliphatic rings. The highest BCUT2D eigenvalue weighted by molar-refractivity contribution is 5.79. The zero-order valence-electron chi connectivity index (χ0n) is 13.9. The van der Waals surface area contributed by atoms with E-state index in [9.17, 15) is 9.59 Å². The Balaban J connectivity index is 1.45. The molecule has 0 aromatic carbocycles. The molecule has 0 spiro atoms. The summed E-state index contributed by atoms with van der Waals surface area (Å²) in [6.45, 7) is 6.48. The van der Waals surface area contributed by atoms with E-state index in [0.29, 0.717) is 24.9 Å². The molecule has 1 unspecified atom stereocenters. The standard InChI is InChI=1S/C17H29N3O2/c1-12(2)19(10-13-4-3-5-13)17(22)18-9-14-8-16(21)20(11-14)15-6-7-15/h12-15H,3-11H2,1-2H3,(H,18,22). The van der Waals surface area contributed by atoms with Crippen LogP contribution in [0, 0.1) is 11.8 Å². The van der Waals surface area contributed by atoms with Gasteiger partial charge in [0, 0.05) is 44.1 Å². The van der Waals surface area contributed by atoms with Gasteiger partial charge < -0.3 is 15.1 Å². The van der Waals surface area contributed by atoms with Gasteiger partial charge in [-0.3, -0.25) is 4.79 Å². The largest absolute Gasteiger partial charge is 0.339 e. The molecule has 0 aromatic heterocycles. The van der Waals surface area contributed by atoms with Crippen molar-refractivity contribution in [3.05, 3.63) is 0 Å². The fraction of sp³-hybridized carbons (Fsp3) is 0.882. The summed E-state index contributed by atoms with van der Waals surface area (Å²) in [5.41, 5.74) is 0. The first-order chi connectivity index (χ1) is 10.5. The second kappa shape index (κ2) is 6.47. The van der Waals surface area contributed by atoms with Gasteiger partial charge in [-0.05, 0) is 45.4 Å². The van der Waals surface area contributed by atoms with E-state index in [1.54, 1.807) is 0 Å². The lowest BCUT2D eigenvalue weighted by atomic mass is 9.85.